The molecule has 0 aromatic heterocycles. The zero-order chi connectivity index (χ0) is 17.7. The van der Waals surface area contributed by atoms with Crippen molar-refractivity contribution in [3.05, 3.63) is 71.8 Å². The SMILES string of the molecule is NC(c1ccccc1)C(NS(=O)(=O)CC1CCCC1)c1ccccc1. The summed E-state index contributed by atoms with van der Waals surface area (Å²) in [6, 6.07) is 18.3. The topological polar surface area (TPSA) is 72.2 Å². The normalized spacial score (nSPS) is 18.1. The summed E-state index contributed by atoms with van der Waals surface area (Å²) in [4.78, 5) is 0. The first kappa shape index (κ1) is 18.1. The predicted molar refractivity (Wildman–Crippen MR) is 101 cm³/mol. The Morgan fingerprint density at radius 1 is 0.920 bits per heavy atom. The van der Waals surface area contributed by atoms with E-state index in [4.69, 9.17) is 5.73 Å². The Morgan fingerprint density at radius 3 is 2.00 bits per heavy atom. The molecule has 1 fully saturated rings. The standard InChI is InChI=1S/C20H26N2O2S/c21-19(17-11-3-1-4-12-17)20(18-13-5-2-6-14-18)22-25(23,24)15-16-9-7-8-10-16/h1-6,11-14,16,19-20,22H,7-10,15,21H2. The third-order valence-electron chi connectivity index (χ3n) is 4.94. The van der Waals surface area contributed by atoms with E-state index in [1.54, 1.807) is 0 Å². The quantitative estimate of drug-likeness (QED) is 0.795. The Labute approximate surface area is 150 Å². The van der Waals surface area contributed by atoms with E-state index in [0.717, 1.165) is 36.8 Å². The Balaban J connectivity index is 1.83. The molecular weight excluding hydrogens is 332 g/mol. The molecule has 2 aromatic carbocycles. The third kappa shape index (κ3) is 4.91. The summed E-state index contributed by atoms with van der Waals surface area (Å²) in [5, 5.41) is 0. The van der Waals surface area contributed by atoms with Crippen molar-refractivity contribution in [1.82, 2.24) is 4.72 Å². The van der Waals surface area contributed by atoms with Gasteiger partial charge in [-0.3, -0.25) is 0 Å². The van der Waals surface area contributed by atoms with E-state index < -0.39 is 22.1 Å². The van der Waals surface area contributed by atoms with Gasteiger partial charge in [0.2, 0.25) is 10.0 Å². The summed E-state index contributed by atoms with van der Waals surface area (Å²) in [7, 11) is -3.40. The van der Waals surface area contributed by atoms with Gasteiger partial charge in [0.25, 0.3) is 0 Å². The maximum absolute atomic E-state index is 12.7. The summed E-state index contributed by atoms with van der Waals surface area (Å²) in [5.41, 5.74) is 8.26. The van der Waals surface area contributed by atoms with E-state index in [1.807, 2.05) is 60.7 Å². The molecule has 0 heterocycles. The van der Waals surface area contributed by atoms with E-state index >= 15 is 0 Å². The Hall–Kier alpha value is -1.69. The molecule has 0 spiro atoms. The highest BCUT2D eigenvalue weighted by Crippen LogP contribution is 2.30. The lowest BCUT2D eigenvalue weighted by Gasteiger charge is -2.26. The van der Waals surface area contributed by atoms with Gasteiger partial charge >= 0.3 is 0 Å². The molecule has 1 aliphatic rings. The van der Waals surface area contributed by atoms with Crippen molar-refractivity contribution < 1.29 is 8.42 Å². The monoisotopic (exact) mass is 358 g/mol. The largest absolute Gasteiger partial charge is 0.322 e. The van der Waals surface area contributed by atoms with Crippen LogP contribution < -0.4 is 10.5 Å². The van der Waals surface area contributed by atoms with Gasteiger partial charge in [-0.15, -0.1) is 0 Å². The highest BCUT2D eigenvalue weighted by Gasteiger charge is 2.29. The molecule has 0 radical (unpaired) electrons. The van der Waals surface area contributed by atoms with Gasteiger partial charge in [0.15, 0.2) is 0 Å². The van der Waals surface area contributed by atoms with Crippen LogP contribution in [0, 0.1) is 5.92 Å². The van der Waals surface area contributed by atoms with Crippen molar-refractivity contribution in [3.63, 3.8) is 0 Å². The average Bonchev–Trinajstić information content (AvgIpc) is 3.13. The second-order valence-electron chi connectivity index (χ2n) is 6.87. The Kier molecular flexibility index (Phi) is 5.89. The number of nitrogens with one attached hydrogen (secondary N) is 1. The van der Waals surface area contributed by atoms with Crippen molar-refractivity contribution in [3.8, 4) is 0 Å². The van der Waals surface area contributed by atoms with Gasteiger partial charge in [0, 0.05) is 0 Å². The summed E-state index contributed by atoms with van der Waals surface area (Å²) in [5.74, 6) is 0.458. The molecule has 2 unspecified atom stereocenters. The van der Waals surface area contributed by atoms with Crippen molar-refractivity contribution in [1.29, 1.82) is 0 Å². The van der Waals surface area contributed by atoms with Gasteiger partial charge in [-0.2, -0.15) is 0 Å². The van der Waals surface area contributed by atoms with Gasteiger partial charge in [-0.25, -0.2) is 13.1 Å². The number of hydrogen-bond acceptors (Lipinski definition) is 3. The van der Waals surface area contributed by atoms with Crippen LogP contribution in [0.2, 0.25) is 0 Å². The van der Waals surface area contributed by atoms with Crippen LogP contribution in [0.1, 0.15) is 48.9 Å². The third-order valence-corrected chi connectivity index (χ3v) is 6.46. The first-order valence-corrected chi connectivity index (χ1v) is 10.6. The van der Waals surface area contributed by atoms with Crippen molar-refractivity contribution >= 4 is 10.0 Å². The van der Waals surface area contributed by atoms with Crippen LogP contribution >= 0.6 is 0 Å². The molecule has 0 aliphatic heterocycles. The molecule has 3 N–H and O–H groups in total. The number of sulfonamides is 1. The number of nitrogens with two attached hydrogens (primary N) is 1. The lowest BCUT2D eigenvalue weighted by atomic mass is 9.95. The van der Waals surface area contributed by atoms with Crippen LogP contribution in [0.15, 0.2) is 60.7 Å². The molecule has 134 valence electrons. The van der Waals surface area contributed by atoms with E-state index in [9.17, 15) is 8.42 Å². The van der Waals surface area contributed by atoms with Gasteiger partial charge in [-0.1, -0.05) is 73.5 Å². The number of hydrogen-bond donors (Lipinski definition) is 2. The predicted octanol–water partition coefficient (Wildman–Crippen LogP) is 3.54. The van der Waals surface area contributed by atoms with Gasteiger partial charge in [-0.05, 0) is 29.9 Å². The molecule has 1 saturated carbocycles. The lowest BCUT2D eigenvalue weighted by Crippen LogP contribution is -2.38. The second kappa shape index (κ2) is 8.13. The Morgan fingerprint density at radius 2 is 1.44 bits per heavy atom. The number of rotatable bonds is 7. The highest BCUT2D eigenvalue weighted by atomic mass is 32.2. The molecule has 1 aliphatic carbocycles. The van der Waals surface area contributed by atoms with Crippen molar-refractivity contribution in [2.45, 2.75) is 37.8 Å². The maximum atomic E-state index is 12.7. The van der Waals surface area contributed by atoms with Gasteiger partial charge in [0.1, 0.15) is 0 Å². The van der Waals surface area contributed by atoms with Crippen LogP contribution in [-0.2, 0) is 10.0 Å². The first-order valence-electron chi connectivity index (χ1n) is 8.90. The molecule has 2 aromatic rings. The fraction of sp³-hybridized carbons (Fsp3) is 0.400. The summed E-state index contributed by atoms with van der Waals surface area (Å²) in [6.07, 6.45) is 4.26. The van der Waals surface area contributed by atoms with Crippen molar-refractivity contribution in [2.24, 2.45) is 11.7 Å². The lowest BCUT2D eigenvalue weighted by molar-refractivity contribution is 0.493. The number of benzene rings is 2. The molecule has 5 heteroatoms. The molecule has 25 heavy (non-hydrogen) atoms. The zero-order valence-corrected chi connectivity index (χ0v) is 15.2. The Bertz CT molecular complexity index is 757. The summed E-state index contributed by atoms with van der Waals surface area (Å²) in [6.45, 7) is 0. The van der Waals surface area contributed by atoms with E-state index in [1.165, 1.54) is 0 Å². The van der Waals surface area contributed by atoms with E-state index in [2.05, 4.69) is 4.72 Å². The van der Waals surface area contributed by atoms with Crippen LogP contribution in [0.5, 0.6) is 0 Å². The average molecular weight is 359 g/mol. The van der Waals surface area contributed by atoms with Crippen LogP contribution in [-0.4, -0.2) is 14.2 Å². The second-order valence-corrected chi connectivity index (χ2v) is 8.67. The molecule has 0 saturated heterocycles. The smallest absolute Gasteiger partial charge is 0.212 e. The van der Waals surface area contributed by atoms with Crippen LogP contribution in [0.3, 0.4) is 0 Å². The minimum Gasteiger partial charge on any atom is -0.322 e. The minimum absolute atomic E-state index is 0.192. The maximum Gasteiger partial charge on any atom is 0.212 e. The fourth-order valence-electron chi connectivity index (χ4n) is 3.61. The van der Waals surface area contributed by atoms with Crippen molar-refractivity contribution in [2.75, 3.05) is 5.75 Å². The molecule has 0 amide bonds. The summed E-state index contributed by atoms with van der Waals surface area (Å²) < 4.78 is 28.4. The van der Waals surface area contributed by atoms with Gasteiger partial charge in [0.05, 0.1) is 17.8 Å². The minimum atomic E-state index is -3.40. The molecule has 2 atom stereocenters. The molecule has 4 nitrogen and oxygen atoms in total. The van der Waals surface area contributed by atoms with Crippen LogP contribution in [0.25, 0.3) is 0 Å². The highest BCUT2D eigenvalue weighted by molar-refractivity contribution is 7.89. The molecular formula is C20H26N2O2S. The van der Waals surface area contributed by atoms with Gasteiger partial charge < -0.3 is 5.73 Å². The molecule has 3 rings (SSSR count). The van der Waals surface area contributed by atoms with Crippen LogP contribution in [0.4, 0.5) is 0 Å². The first-order chi connectivity index (χ1) is 12.1. The fourth-order valence-corrected chi connectivity index (χ4v) is 5.33. The van der Waals surface area contributed by atoms with E-state index in [-0.39, 0.29) is 11.7 Å². The zero-order valence-electron chi connectivity index (χ0n) is 14.3. The summed E-state index contributed by atoms with van der Waals surface area (Å²) >= 11 is 0. The molecule has 0 bridgehead atoms. The van der Waals surface area contributed by atoms with E-state index in [0.29, 0.717) is 0 Å².